The summed E-state index contributed by atoms with van der Waals surface area (Å²) in [6, 6.07) is 18.2. The lowest BCUT2D eigenvalue weighted by molar-refractivity contribution is -0.159. The number of nitrogens with one attached hydrogen (secondary N) is 1. The molecule has 1 saturated heterocycles. The molecule has 37 heavy (non-hydrogen) atoms. The molecule has 0 radical (unpaired) electrons. The van der Waals surface area contributed by atoms with Crippen molar-refractivity contribution in [1.82, 2.24) is 14.8 Å². The van der Waals surface area contributed by atoms with Crippen LogP contribution < -0.4 is 9.47 Å². The van der Waals surface area contributed by atoms with Gasteiger partial charge in [-0.25, -0.2) is 4.39 Å². The number of hydrogen-bond acceptors (Lipinski definition) is 4. The van der Waals surface area contributed by atoms with Crippen molar-refractivity contribution >= 4 is 22.7 Å². The van der Waals surface area contributed by atoms with Gasteiger partial charge >= 0.3 is 0 Å². The molecule has 2 aliphatic heterocycles. The van der Waals surface area contributed by atoms with Crippen LogP contribution in [0.1, 0.15) is 28.4 Å². The van der Waals surface area contributed by atoms with Crippen LogP contribution in [0.3, 0.4) is 0 Å². The van der Waals surface area contributed by atoms with Gasteiger partial charge in [-0.05, 0) is 47.5 Å². The SMILES string of the molecule is COc1ccc(OC)c(C2c3[nH]c4ccccc4c3C[C@H]3C(=O)N(Cc4ccc(F)cc4)CC(=O)N23)c1. The lowest BCUT2D eigenvalue weighted by Crippen LogP contribution is -2.62. The minimum atomic E-state index is -0.686. The molecule has 0 bridgehead atoms. The minimum absolute atomic E-state index is 0.0644. The van der Waals surface area contributed by atoms with Crippen molar-refractivity contribution in [3.05, 3.63) is 94.9 Å². The lowest BCUT2D eigenvalue weighted by atomic mass is 9.85. The Balaban J connectivity index is 1.48. The van der Waals surface area contributed by atoms with Crippen LogP contribution >= 0.6 is 0 Å². The number of methoxy groups -OCH3 is 2. The maximum atomic E-state index is 13.9. The van der Waals surface area contributed by atoms with Crippen molar-refractivity contribution in [2.75, 3.05) is 20.8 Å². The Morgan fingerprint density at radius 3 is 2.54 bits per heavy atom. The number of para-hydroxylation sites is 1. The highest BCUT2D eigenvalue weighted by Crippen LogP contribution is 2.45. The fourth-order valence-electron chi connectivity index (χ4n) is 5.65. The Hall–Kier alpha value is -4.33. The largest absolute Gasteiger partial charge is 0.497 e. The second-order valence-electron chi connectivity index (χ2n) is 9.41. The van der Waals surface area contributed by atoms with Gasteiger partial charge in [0.2, 0.25) is 11.8 Å². The predicted molar refractivity (Wildman–Crippen MR) is 136 cm³/mol. The predicted octanol–water partition coefficient (Wildman–Crippen LogP) is 4.21. The minimum Gasteiger partial charge on any atom is -0.497 e. The quantitative estimate of drug-likeness (QED) is 0.447. The van der Waals surface area contributed by atoms with Gasteiger partial charge in [0.05, 0.1) is 14.2 Å². The van der Waals surface area contributed by atoms with Gasteiger partial charge in [-0.3, -0.25) is 9.59 Å². The Kier molecular flexibility index (Phi) is 5.59. The van der Waals surface area contributed by atoms with E-state index in [-0.39, 0.29) is 30.7 Å². The zero-order valence-electron chi connectivity index (χ0n) is 20.5. The summed E-state index contributed by atoms with van der Waals surface area (Å²) < 4.78 is 24.6. The first-order valence-electron chi connectivity index (χ1n) is 12.1. The molecular formula is C29H26FN3O4. The molecule has 1 aromatic heterocycles. The smallest absolute Gasteiger partial charge is 0.246 e. The molecule has 2 aliphatic rings. The third-order valence-electron chi connectivity index (χ3n) is 7.36. The molecule has 0 saturated carbocycles. The number of amides is 2. The van der Waals surface area contributed by atoms with E-state index in [2.05, 4.69) is 4.98 Å². The number of hydrogen-bond donors (Lipinski definition) is 1. The summed E-state index contributed by atoms with van der Waals surface area (Å²) in [5.74, 6) is 0.595. The lowest BCUT2D eigenvalue weighted by Gasteiger charge is -2.47. The summed E-state index contributed by atoms with van der Waals surface area (Å²) >= 11 is 0. The number of carbonyl (C=O) groups excluding carboxylic acids is 2. The number of halogens is 1. The molecular weight excluding hydrogens is 473 g/mol. The topological polar surface area (TPSA) is 74.9 Å². The normalized spacial score (nSPS) is 19.1. The van der Waals surface area contributed by atoms with Crippen LogP contribution in [0.5, 0.6) is 11.5 Å². The van der Waals surface area contributed by atoms with E-state index in [1.165, 1.54) is 12.1 Å². The third kappa shape index (κ3) is 3.80. The van der Waals surface area contributed by atoms with Crippen LogP contribution in [-0.2, 0) is 22.6 Å². The van der Waals surface area contributed by atoms with E-state index < -0.39 is 12.1 Å². The highest BCUT2D eigenvalue weighted by molar-refractivity contribution is 5.97. The highest BCUT2D eigenvalue weighted by Gasteiger charge is 2.48. The van der Waals surface area contributed by atoms with Gasteiger partial charge in [-0.1, -0.05) is 30.3 Å². The first-order chi connectivity index (χ1) is 18.0. The zero-order chi connectivity index (χ0) is 25.7. The van der Waals surface area contributed by atoms with Crippen LogP contribution in [0.25, 0.3) is 10.9 Å². The second-order valence-corrected chi connectivity index (χ2v) is 9.41. The van der Waals surface area contributed by atoms with Crippen LogP contribution in [0.2, 0.25) is 0 Å². The molecule has 3 heterocycles. The molecule has 2 atom stereocenters. The molecule has 0 aliphatic carbocycles. The Labute approximate surface area is 213 Å². The van der Waals surface area contributed by atoms with Gasteiger partial charge < -0.3 is 24.3 Å². The second kappa shape index (κ2) is 8.96. The number of nitrogens with zero attached hydrogens (tertiary/aromatic N) is 2. The number of aromatic nitrogens is 1. The van der Waals surface area contributed by atoms with E-state index in [1.807, 2.05) is 42.5 Å². The van der Waals surface area contributed by atoms with E-state index in [0.29, 0.717) is 17.9 Å². The van der Waals surface area contributed by atoms with Crippen molar-refractivity contribution < 1.29 is 23.5 Å². The number of ether oxygens (including phenoxy) is 2. The fourth-order valence-corrected chi connectivity index (χ4v) is 5.65. The maximum Gasteiger partial charge on any atom is 0.246 e. The van der Waals surface area contributed by atoms with Gasteiger partial charge in [0, 0.05) is 35.1 Å². The van der Waals surface area contributed by atoms with E-state index in [9.17, 15) is 14.0 Å². The fraction of sp³-hybridized carbons (Fsp3) is 0.241. The number of carbonyl (C=O) groups is 2. The van der Waals surface area contributed by atoms with Crippen molar-refractivity contribution in [1.29, 1.82) is 0 Å². The van der Waals surface area contributed by atoms with Gasteiger partial charge in [-0.15, -0.1) is 0 Å². The molecule has 7 nitrogen and oxygen atoms in total. The molecule has 8 heteroatoms. The Morgan fingerprint density at radius 1 is 1.00 bits per heavy atom. The Morgan fingerprint density at radius 2 is 1.78 bits per heavy atom. The molecule has 1 unspecified atom stereocenters. The van der Waals surface area contributed by atoms with E-state index in [4.69, 9.17) is 9.47 Å². The molecule has 0 spiro atoms. The van der Waals surface area contributed by atoms with Gasteiger partial charge in [0.25, 0.3) is 0 Å². The van der Waals surface area contributed by atoms with Crippen molar-refractivity contribution in [3.63, 3.8) is 0 Å². The maximum absolute atomic E-state index is 13.9. The van der Waals surface area contributed by atoms with Crippen LogP contribution in [0, 0.1) is 5.82 Å². The standard InChI is InChI=1S/C29H26FN3O4/c1-36-19-11-12-25(37-2)22(13-19)28-27-21(20-5-3-4-6-23(20)31-27)14-24-29(35)32(16-26(34)33(24)28)15-17-7-9-18(30)10-8-17/h3-13,24,28,31H,14-16H2,1-2H3/t24-,28?/m0/s1. The van der Waals surface area contributed by atoms with Crippen molar-refractivity contribution in [2.45, 2.75) is 25.0 Å². The Bertz CT molecular complexity index is 1510. The number of benzene rings is 3. The van der Waals surface area contributed by atoms with Gasteiger partial charge in [0.1, 0.15) is 35.9 Å². The molecule has 6 rings (SSSR count). The molecule has 4 aromatic rings. The molecule has 1 fully saturated rings. The van der Waals surface area contributed by atoms with Crippen LogP contribution in [0.4, 0.5) is 4.39 Å². The number of rotatable bonds is 5. The summed E-state index contributed by atoms with van der Waals surface area (Å²) in [5, 5.41) is 1.03. The monoisotopic (exact) mass is 499 g/mol. The van der Waals surface area contributed by atoms with Gasteiger partial charge in [0.15, 0.2) is 0 Å². The first kappa shape index (κ1) is 23.1. The number of aromatic amines is 1. The summed E-state index contributed by atoms with van der Waals surface area (Å²) in [7, 11) is 3.18. The van der Waals surface area contributed by atoms with E-state index in [0.717, 1.165) is 33.3 Å². The highest BCUT2D eigenvalue weighted by atomic mass is 19.1. The molecule has 188 valence electrons. The summed E-state index contributed by atoms with van der Waals surface area (Å²) in [4.78, 5) is 34.5. The number of H-pyrrole nitrogens is 1. The molecule has 2 amide bonds. The summed E-state index contributed by atoms with van der Waals surface area (Å²) in [6.07, 6.45) is 0.395. The van der Waals surface area contributed by atoms with E-state index >= 15 is 0 Å². The van der Waals surface area contributed by atoms with Crippen molar-refractivity contribution in [3.8, 4) is 11.5 Å². The summed E-state index contributed by atoms with van der Waals surface area (Å²) in [6.45, 7) is 0.175. The van der Waals surface area contributed by atoms with Crippen LogP contribution in [-0.4, -0.2) is 53.4 Å². The zero-order valence-corrected chi connectivity index (χ0v) is 20.5. The third-order valence-corrected chi connectivity index (χ3v) is 7.36. The number of piperazine rings is 1. The summed E-state index contributed by atoms with van der Waals surface area (Å²) in [5.41, 5.74) is 4.34. The average Bonchev–Trinajstić information content (AvgIpc) is 3.29. The van der Waals surface area contributed by atoms with Crippen molar-refractivity contribution in [2.24, 2.45) is 0 Å². The average molecular weight is 500 g/mol. The van der Waals surface area contributed by atoms with Crippen LogP contribution in [0.15, 0.2) is 66.7 Å². The molecule has 1 N–H and O–H groups in total. The van der Waals surface area contributed by atoms with E-state index in [1.54, 1.807) is 36.2 Å². The first-order valence-corrected chi connectivity index (χ1v) is 12.1. The number of fused-ring (bicyclic) bond motifs is 4. The van der Waals surface area contributed by atoms with Gasteiger partial charge in [-0.2, -0.15) is 0 Å². The molecule has 3 aromatic carbocycles.